The minimum atomic E-state index is -1.02. The van der Waals surface area contributed by atoms with Gasteiger partial charge in [-0.05, 0) is 55.2 Å². The highest BCUT2D eigenvalue weighted by molar-refractivity contribution is 6.31. The van der Waals surface area contributed by atoms with Crippen LogP contribution in [0, 0.1) is 6.92 Å². The van der Waals surface area contributed by atoms with E-state index in [0.717, 1.165) is 22.1 Å². The number of hydrogen-bond acceptors (Lipinski definition) is 6. The number of imide groups is 2. The summed E-state index contributed by atoms with van der Waals surface area (Å²) in [7, 11) is 1.70. The predicted octanol–water partition coefficient (Wildman–Crippen LogP) is 2.71. The molecule has 1 atom stereocenters. The third kappa shape index (κ3) is 5.31. The highest BCUT2D eigenvalue weighted by Crippen LogP contribution is 2.25. The Morgan fingerprint density at radius 3 is 2.67 bits per heavy atom. The molecule has 2 N–H and O–H groups in total. The number of halogens is 1. The Balaban J connectivity index is 1.37. The number of piperidine rings is 1. The standard InChI is InChI=1S/C26H25ClN4O5/c1-15-6-8-18(13-19(15)27)30(2)23(33)11-7-16-4-3-5-17(12-16)28-20-14-24(34)31(26(20)36)21-9-10-22(32)29-25(21)35/h3-6,8,12-14,21,28H,7,9-11H2,1-2H3,(H,29,32,35). The van der Waals surface area contributed by atoms with Gasteiger partial charge in [0.1, 0.15) is 11.7 Å². The molecule has 1 unspecified atom stereocenters. The van der Waals surface area contributed by atoms with Gasteiger partial charge in [-0.2, -0.15) is 0 Å². The zero-order valence-electron chi connectivity index (χ0n) is 19.8. The van der Waals surface area contributed by atoms with E-state index in [1.54, 1.807) is 36.2 Å². The Hall–Kier alpha value is -3.98. The van der Waals surface area contributed by atoms with Gasteiger partial charge in [-0.3, -0.25) is 34.2 Å². The van der Waals surface area contributed by atoms with Crippen LogP contribution in [0.1, 0.15) is 30.4 Å². The quantitative estimate of drug-likeness (QED) is 0.556. The van der Waals surface area contributed by atoms with Crippen LogP contribution >= 0.6 is 11.6 Å². The van der Waals surface area contributed by atoms with Gasteiger partial charge in [0.2, 0.25) is 17.7 Å². The van der Waals surface area contributed by atoms with Crippen molar-refractivity contribution in [3.63, 3.8) is 0 Å². The molecule has 0 aromatic heterocycles. The van der Waals surface area contributed by atoms with Gasteiger partial charge in [-0.25, -0.2) is 0 Å². The maximum absolute atomic E-state index is 12.9. The molecule has 0 bridgehead atoms. The van der Waals surface area contributed by atoms with Gasteiger partial charge < -0.3 is 10.2 Å². The molecule has 2 aliphatic heterocycles. The zero-order valence-corrected chi connectivity index (χ0v) is 20.6. The summed E-state index contributed by atoms with van der Waals surface area (Å²) < 4.78 is 0. The molecule has 36 heavy (non-hydrogen) atoms. The Morgan fingerprint density at radius 1 is 1.17 bits per heavy atom. The molecule has 9 nitrogen and oxygen atoms in total. The van der Waals surface area contributed by atoms with E-state index in [1.165, 1.54) is 0 Å². The largest absolute Gasteiger partial charge is 0.351 e. The van der Waals surface area contributed by atoms with Crippen molar-refractivity contribution in [1.29, 1.82) is 0 Å². The molecule has 2 heterocycles. The van der Waals surface area contributed by atoms with Gasteiger partial charge in [-0.15, -0.1) is 0 Å². The number of nitrogens with one attached hydrogen (secondary N) is 2. The van der Waals surface area contributed by atoms with Crippen molar-refractivity contribution in [2.75, 3.05) is 17.3 Å². The fourth-order valence-electron chi connectivity index (χ4n) is 4.11. The highest BCUT2D eigenvalue weighted by atomic mass is 35.5. The molecule has 2 aromatic carbocycles. The molecule has 5 amide bonds. The fraction of sp³-hybridized carbons (Fsp3) is 0.269. The lowest BCUT2D eigenvalue weighted by Crippen LogP contribution is -2.54. The molecule has 0 radical (unpaired) electrons. The molecule has 0 spiro atoms. The molecule has 186 valence electrons. The van der Waals surface area contributed by atoms with Crippen molar-refractivity contribution in [2.45, 2.75) is 38.6 Å². The molecular formula is C26H25ClN4O5. The first-order valence-electron chi connectivity index (χ1n) is 11.5. The molecule has 2 aromatic rings. The van der Waals surface area contributed by atoms with Gasteiger partial charge in [0.05, 0.1) is 0 Å². The maximum Gasteiger partial charge on any atom is 0.278 e. The van der Waals surface area contributed by atoms with Gasteiger partial charge >= 0.3 is 0 Å². The molecule has 4 rings (SSSR count). The third-order valence-corrected chi connectivity index (χ3v) is 6.63. The first kappa shape index (κ1) is 25.1. The van der Waals surface area contributed by atoms with Gasteiger partial charge in [0, 0.05) is 42.4 Å². The zero-order chi connectivity index (χ0) is 26.0. The van der Waals surface area contributed by atoms with E-state index in [2.05, 4.69) is 10.6 Å². The number of nitrogens with zero attached hydrogens (tertiary/aromatic N) is 2. The summed E-state index contributed by atoms with van der Waals surface area (Å²) in [5.41, 5.74) is 3.11. The van der Waals surface area contributed by atoms with E-state index >= 15 is 0 Å². The van der Waals surface area contributed by atoms with Gasteiger partial charge in [-0.1, -0.05) is 29.8 Å². The minimum absolute atomic E-state index is 0.0360. The maximum atomic E-state index is 12.9. The van der Waals surface area contributed by atoms with Crippen LogP contribution in [-0.2, 0) is 30.4 Å². The van der Waals surface area contributed by atoms with E-state index in [4.69, 9.17) is 11.6 Å². The van der Waals surface area contributed by atoms with Crippen LogP contribution < -0.4 is 15.5 Å². The van der Waals surface area contributed by atoms with Crippen molar-refractivity contribution in [3.05, 3.63) is 70.4 Å². The topological polar surface area (TPSA) is 116 Å². The van der Waals surface area contributed by atoms with E-state index < -0.39 is 29.7 Å². The van der Waals surface area contributed by atoms with Crippen molar-refractivity contribution < 1.29 is 24.0 Å². The molecule has 10 heteroatoms. The van der Waals surface area contributed by atoms with Crippen LogP contribution in [-0.4, -0.2) is 47.5 Å². The Bertz CT molecular complexity index is 1300. The Kier molecular flexibility index (Phi) is 7.21. The average Bonchev–Trinajstić information content (AvgIpc) is 3.11. The number of rotatable bonds is 7. The van der Waals surface area contributed by atoms with Gasteiger partial charge in [0.15, 0.2) is 0 Å². The first-order valence-corrected chi connectivity index (χ1v) is 11.8. The van der Waals surface area contributed by atoms with Crippen molar-refractivity contribution in [3.8, 4) is 0 Å². The number of aryl methyl sites for hydroxylation is 2. The smallest absolute Gasteiger partial charge is 0.278 e. The number of hydrogen-bond donors (Lipinski definition) is 2. The predicted molar refractivity (Wildman–Crippen MR) is 134 cm³/mol. The Morgan fingerprint density at radius 2 is 1.94 bits per heavy atom. The van der Waals surface area contributed by atoms with E-state index in [9.17, 15) is 24.0 Å². The van der Waals surface area contributed by atoms with E-state index in [0.29, 0.717) is 22.8 Å². The molecule has 1 fully saturated rings. The second-order valence-electron chi connectivity index (χ2n) is 8.75. The highest BCUT2D eigenvalue weighted by Gasteiger charge is 2.42. The lowest BCUT2D eigenvalue weighted by atomic mass is 10.0. The summed E-state index contributed by atoms with van der Waals surface area (Å²) in [6.45, 7) is 1.90. The summed E-state index contributed by atoms with van der Waals surface area (Å²) in [5, 5.41) is 5.70. The third-order valence-electron chi connectivity index (χ3n) is 6.23. The van der Waals surface area contributed by atoms with Crippen LogP contribution in [0.15, 0.2) is 54.2 Å². The van der Waals surface area contributed by atoms with Crippen LogP contribution in [0.2, 0.25) is 5.02 Å². The number of anilines is 2. The monoisotopic (exact) mass is 508 g/mol. The fourth-order valence-corrected chi connectivity index (χ4v) is 4.29. The molecule has 2 aliphatic rings. The van der Waals surface area contributed by atoms with Crippen molar-refractivity contribution in [1.82, 2.24) is 10.2 Å². The van der Waals surface area contributed by atoms with E-state index in [1.807, 2.05) is 25.1 Å². The van der Waals surface area contributed by atoms with E-state index in [-0.39, 0.29) is 30.9 Å². The van der Waals surface area contributed by atoms with Crippen LogP contribution in [0.3, 0.4) is 0 Å². The Labute approximate surface area is 213 Å². The minimum Gasteiger partial charge on any atom is -0.351 e. The number of amides is 5. The lowest BCUT2D eigenvalue weighted by molar-refractivity contribution is -0.149. The van der Waals surface area contributed by atoms with Crippen LogP contribution in [0.5, 0.6) is 0 Å². The van der Waals surface area contributed by atoms with Crippen molar-refractivity contribution in [2.24, 2.45) is 0 Å². The summed E-state index contributed by atoms with van der Waals surface area (Å²) in [6, 6.07) is 11.6. The second kappa shape index (κ2) is 10.3. The number of carbonyl (C=O) groups is 5. The second-order valence-corrected chi connectivity index (χ2v) is 9.16. The summed E-state index contributed by atoms with van der Waals surface area (Å²) >= 11 is 6.18. The van der Waals surface area contributed by atoms with Gasteiger partial charge in [0.25, 0.3) is 11.8 Å². The molecule has 0 saturated carbocycles. The normalized spacial score (nSPS) is 17.7. The summed E-state index contributed by atoms with van der Waals surface area (Å²) in [6.07, 6.45) is 2.02. The van der Waals surface area contributed by atoms with Crippen molar-refractivity contribution >= 4 is 52.5 Å². The summed E-state index contributed by atoms with van der Waals surface area (Å²) in [5.74, 6) is -2.41. The lowest BCUT2D eigenvalue weighted by Gasteiger charge is -2.28. The molecule has 0 aliphatic carbocycles. The number of carbonyl (C=O) groups excluding carboxylic acids is 5. The molecular weight excluding hydrogens is 484 g/mol. The van der Waals surface area contributed by atoms with Crippen LogP contribution in [0.25, 0.3) is 0 Å². The first-order chi connectivity index (χ1) is 17.1. The number of benzene rings is 2. The van der Waals surface area contributed by atoms with Crippen LogP contribution in [0.4, 0.5) is 11.4 Å². The molecule has 1 saturated heterocycles. The SMILES string of the molecule is Cc1ccc(N(C)C(=O)CCc2cccc(NC3=CC(=O)N(C4CCC(=O)NC4=O)C3=O)c2)cc1Cl. The average molecular weight is 509 g/mol. The summed E-state index contributed by atoms with van der Waals surface area (Å²) in [4.78, 5) is 64.0.